The summed E-state index contributed by atoms with van der Waals surface area (Å²) in [5.74, 6) is 1.10. The minimum atomic E-state index is 0.167. The number of nitrogens with zero attached hydrogens (tertiary/aromatic N) is 2. The van der Waals surface area contributed by atoms with Crippen LogP contribution in [-0.4, -0.2) is 9.55 Å². The molecule has 0 aliphatic heterocycles. The first kappa shape index (κ1) is 19.4. The van der Waals surface area contributed by atoms with Crippen molar-refractivity contribution in [3.8, 4) is 11.1 Å². The van der Waals surface area contributed by atoms with E-state index in [1.807, 2.05) is 0 Å². The van der Waals surface area contributed by atoms with Crippen LogP contribution in [0.1, 0.15) is 49.8 Å². The molecule has 0 radical (unpaired) electrons. The first-order valence-corrected chi connectivity index (χ1v) is 10.4. The van der Waals surface area contributed by atoms with Gasteiger partial charge >= 0.3 is 0 Å². The zero-order valence-corrected chi connectivity index (χ0v) is 17.7. The van der Waals surface area contributed by atoms with Gasteiger partial charge in [0.25, 0.3) is 0 Å². The molecule has 0 fully saturated rings. The summed E-state index contributed by atoms with van der Waals surface area (Å²) in [6.45, 7) is 9.61. The zero-order valence-electron chi connectivity index (χ0n) is 17.7. The lowest BCUT2D eigenvalue weighted by Crippen LogP contribution is -2.22. The van der Waals surface area contributed by atoms with E-state index in [2.05, 4.69) is 110 Å². The molecule has 1 N–H and O–H groups in total. The molecule has 1 aromatic heterocycles. The van der Waals surface area contributed by atoms with Gasteiger partial charge in [0.15, 0.2) is 0 Å². The quantitative estimate of drug-likeness (QED) is 0.415. The van der Waals surface area contributed by atoms with Crippen molar-refractivity contribution in [1.29, 1.82) is 0 Å². The van der Waals surface area contributed by atoms with Crippen LogP contribution in [0.5, 0.6) is 0 Å². The lowest BCUT2D eigenvalue weighted by Gasteiger charge is -2.19. The number of benzene rings is 3. The highest BCUT2D eigenvalue weighted by Crippen LogP contribution is 2.26. The summed E-state index contributed by atoms with van der Waals surface area (Å²) in [5.41, 5.74) is 7.41. The van der Waals surface area contributed by atoms with Gasteiger partial charge in [0.05, 0.1) is 17.1 Å². The molecular weight excluding hydrogens is 354 g/mol. The van der Waals surface area contributed by atoms with Crippen LogP contribution in [0.3, 0.4) is 0 Å². The largest absolute Gasteiger partial charge is 0.324 e. The molecule has 29 heavy (non-hydrogen) atoms. The summed E-state index contributed by atoms with van der Waals surface area (Å²) in [7, 11) is 0. The van der Waals surface area contributed by atoms with Crippen molar-refractivity contribution in [3.63, 3.8) is 0 Å². The molecule has 3 aromatic carbocycles. The van der Waals surface area contributed by atoms with E-state index in [1.54, 1.807) is 0 Å². The van der Waals surface area contributed by atoms with E-state index in [1.165, 1.54) is 27.8 Å². The molecule has 148 valence electrons. The molecule has 0 bridgehead atoms. The Balaban J connectivity index is 1.50. The van der Waals surface area contributed by atoms with Crippen LogP contribution in [-0.2, 0) is 6.54 Å². The minimum absolute atomic E-state index is 0.167. The van der Waals surface area contributed by atoms with Crippen LogP contribution in [0.4, 0.5) is 0 Å². The summed E-state index contributed by atoms with van der Waals surface area (Å²) in [6, 6.07) is 26.3. The van der Waals surface area contributed by atoms with E-state index in [4.69, 9.17) is 4.98 Å². The molecular formula is C26H29N3. The van der Waals surface area contributed by atoms with Crippen LogP contribution in [0.2, 0.25) is 0 Å². The Bertz CT molecular complexity index is 1110. The normalized spacial score (nSPS) is 12.6. The van der Waals surface area contributed by atoms with Crippen molar-refractivity contribution in [1.82, 2.24) is 14.9 Å². The predicted molar refractivity (Wildman–Crippen MR) is 122 cm³/mol. The summed E-state index contributed by atoms with van der Waals surface area (Å²) in [6.07, 6.45) is 0. The van der Waals surface area contributed by atoms with E-state index in [0.717, 1.165) is 17.9 Å². The second-order valence-corrected chi connectivity index (χ2v) is 8.04. The molecule has 4 aromatic rings. The fourth-order valence-corrected chi connectivity index (χ4v) is 3.97. The zero-order chi connectivity index (χ0) is 20.4. The van der Waals surface area contributed by atoms with Gasteiger partial charge in [0, 0.05) is 12.6 Å². The number of aromatic nitrogens is 2. The minimum Gasteiger partial charge on any atom is -0.324 e. The highest BCUT2D eigenvalue weighted by molar-refractivity contribution is 5.76. The number of fused-ring (bicyclic) bond motifs is 1. The van der Waals surface area contributed by atoms with Crippen molar-refractivity contribution in [3.05, 3.63) is 89.7 Å². The molecule has 3 nitrogen and oxygen atoms in total. The van der Waals surface area contributed by atoms with Gasteiger partial charge in [-0.05, 0) is 62.1 Å². The molecule has 0 saturated carbocycles. The highest BCUT2D eigenvalue weighted by Gasteiger charge is 2.18. The van der Waals surface area contributed by atoms with E-state index in [0.29, 0.717) is 6.04 Å². The van der Waals surface area contributed by atoms with E-state index in [-0.39, 0.29) is 6.04 Å². The number of imidazole rings is 1. The van der Waals surface area contributed by atoms with E-state index in [9.17, 15) is 0 Å². The van der Waals surface area contributed by atoms with Crippen LogP contribution >= 0.6 is 0 Å². The Kier molecular flexibility index (Phi) is 5.50. The van der Waals surface area contributed by atoms with Crippen molar-refractivity contribution < 1.29 is 0 Å². The summed E-state index contributed by atoms with van der Waals surface area (Å²) < 4.78 is 2.34. The maximum Gasteiger partial charge on any atom is 0.127 e. The summed E-state index contributed by atoms with van der Waals surface area (Å²) >= 11 is 0. The summed E-state index contributed by atoms with van der Waals surface area (Å²) in [5, 5.41) is 3.66. The van der Waals surface area contributed by atoms with Crippen LogP contribution in [0.15, 0.2) is 72.8 Å². The monoisotopic (exact) mass is 383 g/mol. The standard InChI is InChI=1S/C26H29N3/c1-18(2)29-25-12-8-7-11-24(25)28-26(29)20(4)27-17-21-13-15-22(16-14-21)23-10-6-5-9-19(23)3/h5-16,18,20,27H,17H2,1-4H3. The maximum absolute atomic E-state index is 4.91. The third-order valence-corrected chi connectivity index (χ3v) is 5.55. The second kappa shape index (κ2) is 8.22. The molecule has 0 spiro atoms. The highest BCUT2D eigenvalue weighted by atomic mass is 15.1. The van der Waals surface area contributed by atoms with Crippen molar-refractivity contribution in [2.75, 3.05) is 0 Å². The van der Waals surface area contributed by atoms with Crippen molar-refractivity contribution >= 4 is 11.0 Å². The van der Waals surface area contributed by atoms with E-state index < -0.39 is 0 Å². The molecule has 4 rings (SSSR count). The topological polar surface area (TPSA) is 29.9 Å². The lowest BCUT2D eigenvalue weighted by atomic mass is 9.99. The molecule has 1 heterocycles. The number of rotatable bonds is 6. The third-order valence-electron chi connectivity index (χ3n) is 5.55. The van der Waals surface area contributed by atoms with Gasteiger partial charge < -0.3 is 9.88 Å². The maximum atomic E-state index is 4.91. The fourth-order valence-electron chi connectivity index (χ4n) is 3.97. The average Bonchev–Trinajstić information content (AvgIpc) is 3.13. The Morgan fingerprint density at radius 2 is 1.55 bits per heavy atom. The van der Waals surface area contributed by atoms with Crippen molar-refractivity contribution in [2.45, 2.75) is 46.3 Å². The second-order valence-electron chi connectivity index (χ2n) is 8.04. The number of hydrogen-bond donors (Lipinski definition) is 1. The SMILES string of the molecule is Cc1ccccc1-c1ccc(CNC(C)c2nc3ccccc3n2C(C)C)cc1. The van der Waals surface area contributed by atoms with Gasteiger partial charge in [-0.3, -0.25) is 0 Å². The predicted octanol–water partition coefficient (Wildman–Crippen LogP) is 6.44. The summed E-state index contributed by atoms with van der Waals surface area (Å²) in [4.78, 5) is 4.91. The smallest absolute Gasteiger partial charge is 0.127 e. The molecule has 0 amide bonds. The van der Waals surface area contributed by atoms with Gasteiger partial charge in [0.1, 0.15) is 5.82 Å². The van der Waals surface area contributed by atoms with Gasteiger partial charge in [0.2, 0.25) is 0 Å². The first-order valence-electron chi connectivity index (χ1n) is 10.4. The van der Waals surface area contributed by atoms with Crippen LogP contribution in [0, 0.1) is 6.92 Å². The van der Waals surface area contributed by atoms with Crippen LogP contribution < -0.4 is 5.32 Å². The number of hydrogen-bond acceptors (Lipinski definition) is 2. The molecule has 0 aliphatic carbocycles. The van der Waals surface area contributed by atoms with E-state index >= 15 is 0 Å². The van der Waals surface area contributed by atoms with Gasteiger partial charge in [-0.15, -0.1) is 0 Å². The Morgan fingerprint density at radius 1 is 0.862 bits per heavy atom. The lowest BCUT2D eigenvalue weighted by molar-refractivity contribution is 0.491. The van der Waals surface area contributed by atoms with Crippen LogP contribution in [0.25, 0.3) is 22.2 Å². The molecule has 3 heteroatoms. The average molecular weight is 384 g/mol. The molecule has 1 atom stereocenters. The first-order chi connectivity index (χ1) is 14.0. The van der Waals surface area contributed by atoms with Gasteiger partial charge in [-0.25, -0.2) is 4.98 Å². The number of para-hydroxylation sites is 2. The Labute approximate surface area is 173 Å². The number of aryl methyl sites for hydroxylation is 1. The van der Waals surface area contributed by atoms with Gasteiger partial charge in [-0.2, -0.15) is 0 Å². The Hall–Kier alpha value is -2.91. The van der Waals surface area contributed by atoms with Gasteiger partial charge in [-0.1, -0.05) is 60.7 Å². The third kappa shape index (κ3) is 3.96. The number of nitrogens with one attached hydrogen (secondary N) is 1. The molecule has 1 unspecified atom stereocenters. The fraction of sp³-hybridized carbons (Fsp3) is 0.269. The molecule has 0 aliphatic rings. The molecule has 0 saturated heterocycles. The van der Waals surface area contributed by atoms with Crippen molar-refractivity contribution in [2.24, 2.45) is 0 Å². The Morgan fingerprint density at radius 3 is 2.28 bits per heavy atom.